The smallest absolute Gasteiger partial charge is 0.0361 e. The van der Waals surface area contributed by atoms with Crippen molar-refractivity contribution in [3.63, 3.8) is 0 Å². The van der Waals surface area contributed by atoms with E-state index in [1.54, 1.807) is 5.57 Å². The Balaban J connectivity index is 1.13. The summed E-state index contributed by atoms with van der Waals surface area (Å²) in [6.45, 7) is 10.0. The zero-order chi connectivity index (χ0) is 30.9. The van der Waals surface area contributed by atoms with Gasteiger partial charge in [0.05, 0.1) is 0 Å². The lowest BCUT2D eigenvalue weighted by Gasteiger charge is -2.40. The van der Waals surface area contributed by atoms with Crippen molar-refractivity contribution in [1.82, 2.24) is 0 Å². The van der Waals surface area contributed by atoms with E-state index in [4.69, 9.17) is 0 Å². The van der Waals surface area contributed by atoms with Crippen molar-refractivity contribution in [2.75, 3.05) is 0 Å². The molecule has 2 heterocycles. The third-order valence-electron chi connectivity index (χ3n) is 11.4. The van der Waals surface area contributed by atoms with E-state index in [0.29, 0.717) is 11.8 Å². The Hall–Kier alpha value is -4.24. The molecule has 0 nitrogen and oxygen atoms in total. The third-order valence-corrected chi connectivity index (χ3v) is 13.7. The number of allylic oxidation sites excluding steroid dienone is 4. The summed E-state index contributed by atoms with van der Waals surface area (Å²) in [5.41, 5.74) is 11.7. The topological polar surface area (TPSA) is 0 Å². The Kier molecular flexibility index (Phi) is 5.38. The molecule has 5 aromatic carbocycles. The summed E-state index contributed by atoms with van der Waals surface area (Å²) in [5.74, 6) is 0.763. The molecule has 0 saturated carbocycles. The molecule has 0 spiro atoms. The van der Waals surface area contributed by atoms with Crippen molar-refractivity contribution in [3.05, 3.63) is 149 Å². The first-order valence-electron chi connectivity index (χ1n) is 16.4. The molecule has 2 aromatic heterocycles. The number of benzene rings is 5. The second-order valence-electron chi connectivity index (χ2n) is 14.5. The van der Waals surface area contributed by atoms with Gasteiger partial charge in [0, 0.05) is 36.4 Å². The van der Waals surface area contributed by atoms with Crippen LogP contribution in [-0.2, 0) is 10.8 Å². The van der Waals surface area contributed by atoms with Gasteiger partial charge in [-0.25, -0.2) is 0 Å². The highest BCUT2D eigenvalue weighted by molar-refractivity contribution is 7.22. The van der Waals surface area contributed by atoms with Gasteiger partial charge in [-0.05, 0) is 108 Å². The van der Waals surface area contributed by atoms with Gasteiger partial charge in [-0.2, -0.15) is 0 Å². The zero-order valence-electron chi connectivity index (χ0n) is 26.5. The number of rotatable bonds is 2. The van der Waals surface area contributed by atoms with Crippen LogP contribution in [0, 0.1) is 5.92 Å². The van der Waals surface area contributed by atoms with Crippen LogP contribution in [0.1, 0.15) is 55.9 Å². The fourth-order valence-corrected chi connectivity index (χ4v) is 11.4. The van der Waals surface area contributed by atoms with Gasteiger partial charge >= 0.3 is 0 Å². The number of fused-ring (bicyclic) bond motifs is 10. The summed E-state index contributed by atoms with van der Waals surface area (Å²) >= 11 is 3.82. The summed E-state index contributed by atoms with van der Waals surface area (Å²) in [7, 11) is 0. The van der Waals surface area contributed by atoms with E-state index in [-0.39, 0.29) is 10.8 Å². The highest BCUT2D eigenvalue weighted by Crippen LogP contribution is 2.65. The first-order chi connectivity index (χ1) is 22.3. The molecule has 222 valence electrons. The van der Waals surface area contributed by atoms with Crippen LogP contribution in [-0.4, -0.2) is 0 Å². The molecule has 3 aliphatic rings. The fourth-order valence-electron chi connectivity index (χ4n) is 9.28. The number of hydrogen-bond donors (Lipinski definition) is 0. The molecule has 10 rings (SSSR count). The van der Waals surface area contributed by atoms with Crippen molar-refractivity contribution >= 4 is 59.2 Å². The van der Waals surface area contributed by atoms with Crippen LogP contribution in [0.4, 0.5) is 0 Å². The third kappa shape index (κ3) is 3.49. The molecule has 3 aliphatic carbocycles. The van der Waals surface area contributed by atoms with Crippen LogP contribution in [0.25, 0.3) is 57.4 Å². The van der Waals surface area contributed by atoms with Crippen molar-refractivity contribution in [2.45, 2.75) is 44.4 Å². The van der Waals surface area contributed by atoms with Crippen LogP contribution in [0.2, 0.25) is 0 Å². The Morgan fingerprint density at radius 1 is 0.587 bits per heavy atom. The molecular formula is C44H34S2. The normalized spacial score (nSPS) is 20.3. The van der Waals surface area contributed by atoms with Crippen molar-refractivity contribution in [1.29, 1.82) is 0 Å². The van der Waals surface area contributed by atoms with E-state index in [1.807, 2.05) is 22.7 Å². The average Bonchev–Trinajstić information content (AvgIpc) is 3.80. The SMILES string of the molecule is CC1(C)C2=C(C=CC3c4c(cc(-c5cc6ccccc6s5)c5ccccc45)C(C)(C)C23)c2ccc(-c3cc4ccccc4s3)cc21. The summed E-state index contributed by atoms with van der Waals surface area (Å²) in [6, 6.07) is 41.3. The molecule has 2 heteroatoms. The highest BCUT2D eigenvalue weighted by Gasteiger charge is 2.55. The van der Waals surface area contributed by atoms with Gasteiger partial charge in [0.2, 0.25) is 0 Å². The maximum atomic E-state index is 2.57. The van der Waals surface area contributed by atoms with Gasteiger partial charge in [-0.3, -0.25) is 0 Å². The van der Waals surface area contributed by atoms with Crippen LogP contribution in [0.15, 0.2) is 127 Å². The number of hydrogen-bond acceptors (Lipinski definition) is 2. The Morgan fingerprint density at radius 2 is 1.24 bits per heavy atom. The minimum atomic E-state index is -0.0611. The largest absolute Gasteiger partial charge is 0.135 e. The standard InChI is InChI=1S/C44H34S2/c1-43(2)34-21-27(38-22-25-11-5-9-15-36(25)45-38)17-18-29(34)31-19-20-32-40-30-14-8-7-13-28(30)33(24-35(40)44(3,4)42(32)41(31)43)39-23-26-12-6-10-16-37(26)46-39/h5-24,32,42H,1-4H3. The number of thiophene rings is 2. The second-order valence-corrected chi connectivity index (χ2v) is 16.7. The van der Waals surface area contributed by atoms with Crippen molar-refractivity contribution in [3.8, 4) is 20.9 Å². The van der Waals surface area contributed by atoms with Gasteiger partial charge in [0.1, 0.15) is 0 Å². The maximum Gasteiger partial charge on any atom is 0.0361 e. The Labute approximate surface area is 278 Å². The van der Waals surface area contributed by atoms with Crippen LogP contribution in [0.5, 0.6) is 0 Å². The van der Waals surface area contributed by atoms with Gasteiger partial charge in [-0.15, -0.1) is 22.7 Å². The van der Waals surface area contributed by atoms with Crippen LogP contribution >= 0.6 is 22.7 Å². The maximum absolute atomic E-state index is 2.57. The molecule has 46 heavy (non-hydrogen) atoms. The summed E-state index contributed by atoms with van der Waals surface area (Å²) < 4.78 is 2.71. The Bertz CT molecular complexity index is 2420. The van der Waals surface area contributed by atoms with E-state index in [0.717, 1.165) is 0 Å². The Morgan fingerprint density at radius 3 is 1.98 bits per heavy atom. The van der Waals surface area contributed by atoms with Gasteiger partial charge in [0.25, 0.3) is 0 Å². The van der Waals surface area contributed by atoms with E-state index < -0.39 is 0 Å². The molecule has 2 atom stereocenters. The average molecular weight is 627 g/mol. The second kappa shape index (κ2) is 9.18. The lowest BCUT2D eigenvalue weighted by molar-refractivity contribution is 0.343. The summed E-state index contributed by atoms with van der Waals surface area (Å²) in [5, 5.41) is 5.46. The van der Waals surface area contributed by atoms with E-state index >= 15 is 0 Å². The van der Waals surface area contributed by atoms with Gasteiger partial charge in [0.15, 0.2) is 0 Å². The van der Waals surface area contributed by atoms with Gasteiger partial charge in [-0.1, -0.05) is 113 Å². The monoisotopic (exact) mass is 626 g/mol. The molecule has 0 fully saturated rings. The highest BCUT2D eigenvalue weighted by atomic mass is 32.1. The van der Waals surface area contributed by atoms with Crippen molar-refractivity contribution < 1.29 is 0 Å². The van der Waals surface area contributed by atoms with E-state index in [1.165, 1.54) is 79.7 Å². The molecule has 2 unspecified atom stereocenters. The predicted molar refractivity (Wildman–Crippen MR) is 200 cm³/mol. The fraction of sp³-hybridized carbons (Fsp3) is 0.182. The van der Waals surface area contributed by atoms with Gasteiger partial charge < -0.3 is 0 Å². The lowest BCUT2D eigenvalue weighted by atomic mass is 9.63. The molecule has 0 amide bonds. The van der Waals surface area contributed by atoms with Crippen LogP contribution < -0.4 is 0 Å². The molecule has 0 bridgehead atoms. The molecular weight excluding hydrogens is 593 g/mol. The van der Waals surface area contributed by atoms with E-state index in [2.05, 4.69) is 149 Å². The van der Waals surface area contributed by atoms with Crippen molar-refractivity contribution in [2.24, 2.45) is 5.92 Å². The minimum Gasteiger partial charge on any atom is -0.135 e. The quantitative estimate of drug-likeness (QED) is 0.179. The molecule has 0 N–H and O–H groups in total. The molecule has 0 aliphatic heterocycles. The molecule has 0 radical (unpaired) electrons. The minimum absolute atomic E-state index is 0.0194. The first-order valence-corrected chi connectivity index (χ1v) is 18.1. The summed E-state index contributed by atoms with van der Waals surface area (Å²) in [4.78, 5) is 2.72. The zero-order valence-corrected chi connectivity index (χ0v) is 28.2. The van der Waals surface area contributed by atoms with E-state index in [9.17, 15) is 0 Å². The first kappa shape index (κ1) is 26.9. The van der Waals surface area contributed by atoms with Crippen LogP contribution in [0.3, 0.4) is 0 Å². The lowest BCUT2D eigenvalue weighted by Crippen LogP contribution is -2.35. The predicted octanol–water partition coefficient (Wildman–Crippen LogP) is 12.9. The summed E-state index contributed by atoms with van der Waals surface area (Å²) in [6.07, 6.45) is 5.02. The molecule has 7 aromatic rings. The molecule has 0 saturated heterocycles.